The van der Waals surface area contributed by atoms with Gasteiger partial charge in [-0.25, -0.2) is 4.98 Å². The Kier molecular flexibility index (Phi) is 4.86. The number of aryl methyl sites for hydroxylation is 1. The van der Waals surface area contributed by atoms with E-state index in [1.165, 1.54) is 0 Å². The van der Waals surface area contributed by atoms with E-state index in [1.807, 2.05) is 6.92 Å². The summed E-state index contributed by atoms with van der Waals surface area (Å²) in [6.07, 6.45) is 6.01. The lowest BCUT2D eigenvalue weighted by Crippen LogP contribution is -2.42. The number of carbonyl (C=O) groups excluding carboxylic acids is 1. The largest absolute Gasteiger partial charge is 0.369 e. The molecule has 0 unspecified atom stereocenters. The fourth-order valence-corrected chi connectivity index (χ4v) is 5.45. The molecule has 4 heterocycles. The van der Waals surface area contributed by atoms with E-state index in [4.69, 9.17) is 4.74 Å². The number of amides is 1. The molecule has 3 fully saturated rings. The van der Waals surface area contributed by atoms with Crippen LogP contribution in [0, 0.1) is 18.8 Å². The number of hydrogen-bond donors (Lipinski definition) is 1. The van der Waals surface area contributed by atoms with Crippen LogP contribution >= 0.6 is 11.8 Å². The van der Waals surface area contributed by atoms with Crippen molar-refractivity contribution in [2.45, 2.75) is 50.6 Å². The van der Waals surface area contributed by atoms with Gasteiger partial charge in [-0.1, -0.05) is 13.8 Å². The van der Waals surface area contributed by atoms with Gasteiger partial charge in [0.05, 0.1) is 23.2 Å². The highest BCUT2D eigenvalue weighted by atomic mass is 32.2. The molecule has 3 aliphatic heterocycles. The number of fused-ring (bicyclic) bond motifs is 1. The minimum absolute atomic E-state index is 0.0588. The van der Waals surface area contributed by atoms with Gasteiger partial charge in [-0.3, -0.25) is 9.78 Å². The molecule has 7 heteroatoms. The van der Waals surface area contributed by atoms with E-state index in [9.17, 15) is 4.79 Å². The van der Waals surface area contributed by atoms with Gasteiger partial charge in [0.15, 0.2) is 0 Å². The molecule has 142 valence electrons. The summed E-state index contributed by atoms with van der Waals surface area (Å²) in [5.74, 6) is 2.51. The Bertz CT molecular complexity index is 685. The molecule has 1 amide bonds. The van der Waals surface area contributed by atoms with Crippen LogP contribution in [0.4, 0.5) is 5.82 Å². The van der Waals surface area contributed by atoms with Crippen molar-refractivity contribution < 1.29 is 9.53 Å². The summed E-state index contributed by atoms with van der Waals surface area (Å²) in [6.45, 7) is 8.80. The number of hydrogen-bond acceptors (Lipinski definition) is 6. The summed E-state index contributed by atoms with van der Waals surface area (Å²) in [5.41, 5.74) is 0.908. The molecule has 0 aromatic carbocycles. The minimum atomic E-state index is -0.0588. The maximum absolute atomic E-state index is 12.1. The van der Waals surface area contributed by atoms with Crippen molar-refractivity contribution in [3.8, 4) is 0 Å². The van der Waals surface area contributed by atoms with Crippen molar-refractivity contribution in [2.75, 3.05) is 30.3 Å². The zero-order chi connectivity index (χ0) is 18.3. The van der Waals surface area contributed by atoms with Crippen LogP contribution in [-0.4, -0.2) is 58.2 Å². The maximum Gasteiger partial charge on any atom is 0.230 e. The molecule has 3 saturated heterocycles. The highest BCUT2D eigenvalue weighted by Gasteiger charge is 2.63. The number of nitrogens with zero attached hydrogens (tertiary/aromatic N) is 3. The number of anilines is 1. The molecular formula is C19H28N4O2S. The molecule has 6 nitrogen and oxygen atoms in total. The third-order valence-corrected chi connectivity index (χ3v) is 7.12. The maximum atomic E-state index is 12.1. The van der Waals surface area contributed by atoms with E-state index in [2.05, 4.69) is 34.0 Å². The van der Waals surface area contributed by atoms with Crippen molar-refractivity contribution in [3.63, 3.8) is 0 Å². The third kappa shape index (κ3) is 3.20. The van der Waals surface area contributed by atoms with Crippen LogP contribution in [0.5, 0.6) is 0 Å². The van der Waals surface area contributed by atoms with Crippen LogP contribution in [-0.2, 0) is 9.53 Å². The molecule has 0 radical (unpaired) electrons. The van der Waals surface area contributed by atoms with Crippen molar-refractivity contribution in [1.29, 1.82) is 0 Å². The standard InChI is InChI=1S/C19H28N4O2S/c1-12(2)26-10-17(24)22-8-14-15-9-23(18-13(3)20-6-7-21-18)11-19(15)5-4-16(14)25-19/h6-7,12,14-16H,4-5,8-11H2,1-3H3,(H,22,24)/t14-,15+,16+,19+/m0/s1. The van der Waals surface area contributed by atoms with Gasteiger partial charge in [0.1, 0.15) is 5.82 Å². The number of thioether (sulfide) groups is 1. The van der Waals surface area contributed by atoms with Gasteiger partial charge in [0.2, 0.25) is 5.91 Å². The van der Waals surface area contributed by atoms with Crippen LogP contribution in [0.15, 0.2) is 12.4 Å². The number of rotatable bonds is 6. The lowest BCUT2D eigenvalue weighted by atomic mass is 9.73. The Morgan fingerprint density at radius 2 is 2.27 bits per heavy atom. The summed E-state index contributed by atoms with van der Waals surface area (Å²) < 4.78 is 6.47. The van der Waals surface area contributed by atoms with Crippen molar-refractivity contribution in [3.05, 3.63) is 18.1 Å². The number of nitrogens with one attached hydrogen (secondary N) is 1. The van der Waals surface area contributed by atoms with E-state index in [-0.39, 0.29) is 11.5 Å². The van der Waals surface area contributed by atoms with E-state index in [1.54, 1.807) is 24.2 Å². The summed E-state index contributed by atoms with van der Waals surface area (Å²) in [4.78, 5) is 23.4. The second kappa shape index (κ2) is 7.00. The molecule has 0 aliphatic carbocycles. The average molecular weight is 377 g/mol. The van der Waals surface area contributed by atoms with E-state index >= 15 is 0 Å². The Labute approximate surface area is 159 Å². The Morgan fingerprint density at radius 1 is 1.46 bits per heavy atom. The first kappa shape index (κ1) is 18.0. The SMILES string of the molecule is Cc1nccnc1N1C[C@@H]2[C@H](CNC(=O)CSC(C)C)[C@H]3CC[C@]2(C1)O3. The highest BCUT2D eigenvalue weighted by Crippen LogP contribution is 2.55. The zero-order valence-corrected chi connectivity index (χ0v) is 16.6. The second-order valence-electron chi connectivity index (χ2n) is 8.04. The summed E-state index contributed by atoms with van der Waals surface area (Å²) in [5, 5.41) is 3.63. The predicted molar refractivity (Wildman–Crippen MR) is 103 cm³/mol. The Morgan fingerprint density at radius 3 is 3.04 bits per heavy atom. The van der Waals surface area contributed by atoms with Crippen LogP contribution in [0.2, 0.25) is 0 Å². The van der Waals surface area contributed by atoms with E-state index in [0.29, 0.717) is 28.9 Å². The predicted octanol–water partition coefficient (Wildman–Crippen LogP) is 2.03. The monoisotopic (exact) mass is 376 g/mol. The number of ether oxygens (including phenoxy) is 1. The smallest absolute Gasteiger partial charge is 0.230 e. The molecule has 2 bridgehead atoms. The average Bonchev–Trinajstić information content (AvgIpc) is 3.26. The molecule has 1 N–H and O–H groups in total. The zero-order valence-electron chi connectivity index (χ0n) is 15.8. The van der Waals surface area contributed by atoms with Gasteiger partial charge >= 0.3 is 0 Å². The summed E-state index contributed by atoms with van der Waals surface area (Å²) in [6, 6.07) is 0. The highest BCUT2D eigenvalue weighted by molar-refractivity contribution is 8.00. The molecule has 0 saturated carbocycles. The fourth-order valence-electron chi connectivity index (χ4n) is 4.86. The van der Waals surface area contributed by atoms with Gasteiger partial charge < -0.3 is 15.0 Å². The van der Waals surface area contributed by atoms with Crippen molar-refractivity contribution in [1.82, 2.24) is 15.3 Å². The van der Waals surface area contributed by atoms with E-state index in [0.717, 1.165) is 44.0 Å². The van der Waals surface area contributed by atoms with Gasteiger partial charge in [0.25, 0.3) is 0 Å². The minimum Gasteiger partial charge on any atom is -0.369 e. The van der Waals surface area contributed by atoms with Crippen LogP contribution in [0.1, 0.15) is 32.4 Å². The third-order valence-electron chi connectivity index (χ3n) is 6.02. The Balaban J connectivity index is 1.42. The molecule has 1 aromatic rings. The fraction of sp³-hybridized carbons (Fsp3) is 0.737. The van der Waals surface area contributed by atoms with E-state index < -0.39 is 0 Å². The number of aromatic nitrogens is 2. The summed E-state index contributed by atoms with van der Waals surface area (Å²) >= 11 is 1.69. The molecule has 1 aromatic heterocycles. The molecular weight excluding hydrogens is 348 g/mol. The molecule has 4 rings (SSSR count). The van der Waals surface area contributed by atoms with Crippen LogP contribution in [0.25, 0.3) is 0 Å². The first-order valence-electron chi connectivity index (χ1n) is 9.57. The molecule has 3 aliphatic rings. The van der Waals surface area contributed by atoms with Gasteiger partial charge in [-0.05, 0) is 25.0 Å². The second-order valence-corrected chi connectivity index (χ2v) is 9.60. The van der Waals surface area contributed by atoms with Crippen molar-refractivity contribution >= 4 is 23.5 Å². The van der Waals surface area contributed by atoms with Gasteiger partial charge in [-0.2, -0.15) is 0 Å². The lowest BCUT2D eigenvalue weighted by molar-refractivity contribution is -0.118. The Hall–Kier alpha value is -1.34. The van der Waals surface area contributed by atoms with Gasteiger partial charge in [0, 0.05) is 43.9 Å². The topological polar surface area (TPSA) is 67.4 Å². The normalized spacial score (nSPS) is 32.3. The molecule has 4 atom stereocenters. The van der Waals surface area contributed by atoms with Crippen molar-refractivity contribution in [2.24, 2.45) is 11.8 Å². The molecule has 1 spiro atoms. The lowest BCUT2D eigenvalue weighted by Gasteiger charge is -2.29. The molecule has 26 heavy (non-hydrogen) atoms. The quantitative estimate of drug-likeness (QED) is 0.819. The van der Waals surface area contributed by atoms with Crippen LogP contribution in [0.3, 0.4) is 0 Å². The van der Waals surface area contributed by atoms with Gasteiger partial charge in [-0.15, -0.1) is 11.8 Å². The first-order valence-corrected chi connectivity index (χ1v) is 10.6. The first-order chi connectivity index (χ1) is 12.5. The summed E-state index contributed by atoms with van der Waals surface area (Å²) in [7, 11) is 0. The number of carbonyl (C=O) groups is 1. The van der Waals surface area contributed by atoms with Crippen LogP contribution < -0.4 is 10.2 Å².